The van der Waals surface area contributed by atoms with Gasteiger partial charge in [-0.05, 0) is 27.7 Å². The van der Waals surface area contributed by atoms with Gasteiger partial charge in [-0.1, -0.05) is 0 Å². The lowest BCUT2D eigenvalue weighted by molar-refractivity contribution is -0.221. The molecule has 0 aromatic heterocycles. The van der Waals surface area contributed by atoms with Gasteiger partial charge >= 0.3 is 0 Å². The Morgan fingerprint density at radius 1 is 1.35 bits per heavy atom. The fourth-order valence-electron chi connectivity index (χ4n) is 1.66. The molecule has 2 radical (unpaired) electrons. The summed E-state index contributed by atoms with van der Waals surface area (Å²) in [4.78, 5) is 0. The number of rotatable bonds is 5. The average molecular weight is 246 g/mol. The number of alkyl halides is 1. The highest BCUT2D eigenvalue weighted by Crippen LogP contribution is 2.35. The van der Waals surface area contributed by atoms with Crippen LogP contribution in [0.3, 0.4) is 0 Å². The summed E-state index contributed by atoms with van der Waals surface area (Å²) < 4.78 is 29.9. The molecule has 0 aromatic rings. The summed E-state index contributed by atoms with van der Waals surface area (Å²) in [5.74, 6) is -2.20. The number of aliphatic hydroxyl groups is 1. The summed E-state index contributed by atoms with van der Waals surface area (Å²) in [6.45, 7) is 6.76. The van der Waals surface area contributed by atoms with Crippen molar-refractivity contribution in [2.75, 3.05) is 6.61 Å². The van der Waals surface area contributed by atoms with E-state index in [9.17, 15) is 9.50 Å². The topological polar surface area (TPSA) is 47.9 Å². The van der Waals surface area contributed by atoms with Crippen LogP contribution >= 0.6 is 0 Å². The Hall–Kier alpha value is -0.165. The Balaban J connectivity index is 2.72. The van der Waals surface area contributed by atoms with Crippen LogP contribution < -0.4 is 0 Å². The van der Waals surface area contributed by atoms with Crippen molar-refractivity contribution in [3.05, 3.63) is 0 Å². The van der Waals surface area contributed by atoms with E-state index in [0.717, 1.165) is 0 Å². The first-order chi connectivity index (χ1) is 7.76. The Morgan fingerprint density at radius 3 is 2.41 bits per heavy atom. The Labute approximate surface area is 103 Å². The molecule has 1 rings (SSSR count). The maximum atomic E-state index is 14.5. The highest BCUT2D eigenvalue weighted by molar-refractivity contribution is 6.11. The monoisotopic (exact) mass is 246 g/mol. The maximum absolute atomic E-state index is 14.5. The summed E-state index contributed by atoms with van der Waals surface area (Å²) in [5, 5.41) is 9.74. The summed E-state index contributed by atoms with van der Waals surface area (Å²) in [6, 6.07) is -1.10. The largest absolute Gasteiger partial charge is 0.388 e. The lowest BCUT2D eigenvalue weighted by Crippen LogP contribution is -2.46. The van der Waals surface area contributed by atoms with Crippen molar-refractivity contribution >= 4 is 7.85 Å². The second kappa shape index (κ2) is 5.65. The number of ether oxygens (including phenoxy) is 3. The molecule has 4 nitrogen and oxygen atoms in total. The van der Waals surface area contributed by atoms with Gasteiger partial charge in [-0.2, -0.15) is 0 Å². The Bertz CT molecular complexity index is 252. The zero-order chi connectivity index (χ0) is 13.2. The van der Waals surface area contributed by atoms with Gasteiger partial charge in [0.1, 0.15) is 26.7 Å². The van der Waals surface area contributed by atoms with Gasteiger partial charge < -0.3 is 19.3 Å². The molecule has 1 aliphatic rings. The predicted octanol–water partition coefficient (Wildman–Crippen LogP) is 0.756. The zero-order valence-electron chi connectivity index (χ0n) is 10.7. The van der Waals surface area contributed by atoms with E-state index in [1.54, 1.807) is 27.7 Å². The molecule has 1 fully saturated rings. The second-order valence-electron chi connectivity index (χ2n) is 4.82. The summed E-state index contributed by atoms with van der Waals surface area (Å²) in [6.07, 6.45) is -2.70. The van der Waals surface area contributed by atoms with Crippen LogP contribution in [-0.2, 0) is 14.2 Å². The lowest BCUT2D eigenvalue weighted by atomic mass is 9.92. The standard InChI is InChI=1S/C11H20BFO4/c1-6(2)15-5-11(13)9(16-7(3)4)8(14)10(12)17-11/h6-10,14H,5H2,1-4H3/t8?,9?,10-,11?/m1/s1. The highest BCUT2D eigenvalue weighted by atomic mass is 19.2. The average Bonchev–Trinajstić information content (AvgIpc) is 2.40. The molecule has 4 atom stereocenters. The number of aliphatic hydroxyl groups excluding tert-OH is 1. The number of halogens is 1. The van der Waals surface area contributed by atoms with Crippen LogP contribution in [0.4, 0.5) is 4.39 Å². The molecular formula is C11H20BFO4. The van der Waals surface area contributed by atoms with Crippen molar-refractivity contribution in [1.29, 1.82) is 0 Å². The molecule has 1 N–H and O–H groups in total. The zero-order valence-corrected chi connectivity index (χ0v) is 10.7. The molecule has 0 amide bonds. The first-order valence-electron chi connectivity index (χ1n) is 5.83. The van der Waals surface area contributed by atoms with Crippen LogP contribution in [-0.4, -0.2) is 55.8 Å². The first-order valence-corrected chi connectivity index (χ1v) is 5.83. The summed E-state index contributed by atoms with van der Waals surface area (Å²) >= 11 is 0. The molecule has 0 saturated carbocycles. The highest BCUT2D eigenvalue weighted by Gasteiger charge is 2.55. The van der Waals surface area contributed by atoms with E-state index in [4.69, 9.17) is 22.1 Å². The summed E-state index contributed by atoms with van der Waals surface area (Å²) in [7, 11) is 5.48. The Morgan fingerprint density at radius 2 is 1.94 bits per heavy atom. The smallest absolute Gasteiger partial charge is 0.261 e. The van der Waals surface area contributed by atoms with Crippen LogP contribution in [0, 0.1) is 0 Å². The predicted molar refractivity (Wildman–Crippen MR) is 61.6 cm³/mol. The number of hydrogen-bond acceptors (Lipinski definition) is 4. The molecule has 98 valence electrons. The van der Waals surface area contributed by atoms with Crippen LogP contribution in [0.2, 0.25) is 0 Å². The minimum Gasteiger partial charge on any atom is -0.388 e. The third-order valence-electron chi connectivity index (χ3n) is 2.44. The van der Waals surface area contributed by atoms with E-state index in [-0.39, 0.29) is 18.8 Å². The fourth-order valence-corrected chi connectivity index (χ4v) is 1.66. The van der Waals surface area contributed by atoms with Gasteiger partial charge in [-0.25, -0.2) is 4.39 Å². The molecule has 3 unspecified atom stereocenters. The van der Waals surface area contributed by atoms with E-state index >= 15 is 0 Å². The van der Waals surface area contributed by atoms with E-state index in [1.807, 2.05) is 0 Å². The third kappa shape index (κ3) is 3.65. The van der Waals surface area contributed by atoms with Gasteiger partial charge in [0, 0.05) is 6.00 Å². The molecule has 0 aromatic carbocycles. The molecule has 1 heterocycles. The van der Waals surface area contributed by atoms with E-state index in [0.29, 0.717) is 0 Å². The van der Waals surface area contributed by atoms with Gasteiger partial charge in [0.2, 0.25) is 0 Å². The van der Waals surface area contributed by atoms with Crippen molar-refractivity contribution < 1.29 is 23.7 Å². The molecular weight excluding hydrogens is 226 g/mol. The van der Waals surface area contributed by atoms with E-state index in [2.05, 4.69) is 0 Å². The van der Waals surface area contributed by atoms with Crippen LogP contribution in [0.15, 0.2) is 0 Å². The quantitative estimate of drug-likeness (QED) is 0.727. The SMILES string of the molecule is [B][C@@H]1OC(F)(COC(C)C)C(OC(C)C)C1O. The lowest BCUT2D eigenvalue weighted by Gasteiger charge is -2.29. The van der Waals surface area contributed by atoms with Gasteiger partial charge in [0.15, 0.2) is 0 Å². The Kier molecular flexibility index (Phi) is 4.95. The molecule has 1 aliphatic heterocycles. The fraction of sp³-hybridized carbons (Fsp3) is 1.00. The van der Waals surface area contributed by atoms with E-state index < -0.39 is 24.1 Å². The first kappa shape index (κ1) is 14.9. The van der Waals surface area contributed by atoms with Crippen molar-refractivity contribution in [3.63, 3.8) is 0 Å². The van der Waals surface area contributed by atoms with Crippen LogP contribution in [0.25, 0.3) is 0 Å². The van der Waals surface area contributed by atoms with Crippen molar-refractivity contribution in [3.8, 4) is 0 Å². The normalized spacial score (nSPS) is 38.2. The van der Waals surface area contributed by atoms with Gasteiger partial charge in [0.25, 0.3) is 5.85 Å². The molecule has 0 aliphatic carbocycles. The van der Waals surface area contributed by atoms with Gasteiger partial charge in [-0.3, -0.25) is 0 Å². The molecule has 1 saturated heterocycles. The minimum absolute atomic E-state index is 0.139. The van der Waals surface area contributed by atoms with Gasteiger partial charge in [0.05, 0.1) is 12.2 Å². The van der Waals surface area contributed by atoms with Crippen molar-refractivity contribution in [2.24, 2.45) is 0 Å². The molecule has 0 spiro atoms. The second-order valence-corrected chi connectivity index (χ2v) is 4.82. The van der Waals surface area contributed by atoms with Crippen LogP contribution in [0.5, 0.6) is 0 Å². The van der Waals surface area contributed by atoms with Crippen LogP contribution in [0.1, 0.15) is 27.7 Å². The minimum atomic E-state index is -2.20. The molecule has 17 heavy (non-hydrogen) atoms. The number of hydrogen-bond donors (Lipinski definition) is 1. The van der Waals surface area contributed by atoms with Crippen molar-refractivity contribution in [1.82, 2.24) is 0 Å². The van der Waals surface area contributed by atoms with Crippen molar-refractivity contribution in [2.45, 2.75) is 64.0 Å². The maximum Gasteiger partial charge on any atom is 0.261 e. The molecule has 0 bridgehead atoms. The molecule has 6 heteroatoms. The summed E-state index contributed by atoms with van der Waals surface area (Å²) in [5.41, 5.74) is 0. The van der Waals surface area contributed by atoms with Gasteiger partial charge in [-0.15, -0.1) is 0 Å². The third-order valence-corrected chi connectivity index (χ3v) is 2.44. The van der Waals surface area contributed by atoms with E-state index in [1.165, 1.54) is 0 Å².